The zero-order valence-corrected chi connectivity index (χ0v) is 6.52. The van der Waals surface area contributed by atoms with Gasteiger partial charge in [-0.05, 0) is 0 Å². The summed E-state index contributed by atoms with van der Waals surface area (Å²) in [6, 6.07) is 3.26. The first-order valence-corrected chi connectivity index (χ1v) is 3.42. The zero-order valence-electron chi connectivity index (χ0n) is 6.52. The fraction of sp³-hybridized carbons (Fsp3) is 0.429. The molecule has 1 aliphatic carbocycles. The van der Waals surface area contributed by atoms with Crippen LogP contribution in [0.4, 0.5) is 0 Å². The van der Waals surface area contributed by atoms with Gasteiger partial charge in [0, 0.05) is 0 Å². The van der Waals surface area contributed by atoms with Crippen LogP contribution in [0.2, 0.25) is 0 Å². The quantitative estimate of drug-likeness (QED) is 0.517. The molecule has 0 radical (unpaired) electrons. The molecule has 66 valence electrons. The largest absolute Gasteiger partial charge is 0.369 e. The first-order valence-electron chi connectivity index (χ1n) is 3.42. The molecular weight excluding hydrogens is 172 g/mol. The Labute approximate surface area is 73.7 Å². The molecule has 0 aliphatic heterocycles. The van der Waals surface area contributed by atoms with E-state index in [0.717, 1.165) is 0 Å². The first kappa shape index (κ1) is 9.01. The number of nitrogens with zero attached hydrogens (tertiary/aromatic N) is 2. The van der Waals surface area contributed by atoms with Gasteiger partial charge in [-0.15, -0.1) is 0 Å². The molecule has 1 saturated carbocycles. The molecule has 13 heavy (non-hydrogen) atoms. The van der Waals surface area contributed by atoms with Crippen molar-refractivity contribution in [2.45, 2.75) is 0 Å². The highest BCUT2D eigenvalue weighted by Gasteiger charge is 2.73. The highest BCUT2D eigenvalue weighted by molar-refractivity contribution is 5.98. The van der Waals surface area contributed by atoms with Gasteiger partial charge in [0.25, 0.3) is 0 Å². The summed E-state index contributed by atoms with van der Waals surface area (Å²) >= 11 is 0. The number of hydrogen-bond acceptors (Lipinski definition) is 4. The number of nitriles is 2. The summed E-state index contributed by atoms with van der Waals surface area (Å²) in [5, 5.41) is 17.2. The number of carbonyl (C=O) groups is 2. The molecule has 1 aliphatic rings. The smallest absolute Gasteiger partial charge is 0.240 e. The second-order valence-electron chi connectivity index (χ2n) is 2.83. The fourth-order valence-electron chi connectivity index (χ4n) is 1.45. The molecule has 0 aromatic rings. The SMILES string of the molecule is N#CC1C(C(N)=O)C1(C#N)C(N)=O. The number of primary amides is 2. The van der Waals surface area contributed by atoms with Gasteiger partial charge in [-0.1, -0.05) is 0 Å². The summed E-state index contributed by atoms with van der Waals surface area (Å²) < 4.78 is 0. The number of rotatable bonds is 2. The van der Waals surface area contributed by atoms with Gasteiger partial charge < -0.3 is 11.5 Å². The van der Waals surface area contributed by atoms with E-state index < -0.39 is 29.1 Å². The summed E-state index contributed by atoms with van der Waals surface area (Å²) in [5.41, 5.74) is 8.13. The Kier molecular flexibility index (Phi) is 1.70. The van der Waals surface area contributed by atoms with Crippen LogP contribution < -0.4 is 11.5 Å². The molecule has 6 heteroatoms. The predicted octanol–water partition coefficient (Wildman–Crippen LogP) is -1.76. The zero-order chi connectivity index (χ0) is 10.2. The van der Waals surface area contributed by atoms with Crippen molar-refractivity contribution in [1.29, 1.82) is 10.5 Å². The highest BCUT2D eigenvalue weighted by Crippen LogP contribution is 2.57. The van der Waals surface area contributed by atoms with E-state index in [-0.39, 0.29) is 0 Å². The monoisotopic (exact) mass is 178 g/mol. The van der Waals surface area contributed by atoms with E-state index in [1.807, 2.05) is 0 Å². The molecule has 0 spiro atoms. The second kappa shape index (κ2) is 2.46. The third-order valence-corrected chi connectivity index (χ3v) is 2.24. The second-order valence-corrected chi connectivity index (χ2v) is 2.83. The first-order chi connectivity index (χ1) is 6.02. The molecule has 3 unspecified atom stereocenters. The van der Waals surface area contributed by atoms with Crippen LogP contribution >= 0.6 is 0 Å². The van der Waals surface area contributed by atoms with Gasteiger partial charge in [0.15, 0.2) is 5.41 Å². The number of hydrogen-bond donors (Lipinski definition) is 2. The Morgan fingerprint density at radius 1 is 1.31 bits per heavy atom. The van der Waals surface area contributed by atoms with Crippen LogP contribution in [-0.2, 0) is 9.59 Å². The topological polar surface area (TPSA) is 134 Å². The van der Waals surface area contributed by atoms with Crippen LogP contribution in [0.3, 0.4) is 0 Å². The van der Waals surface area contributed by atoms with Crippen molar-refractivity contribution in [3.05, 3.63) is 0 Å². The van der Waals surface area contributed by atoms with Crippen molar-refractivity contribution in [2.75, 3.05) is 0 Å². The number of carbonyl (C=O) groups excluding carboxylic acids is 2. The Morgan fingerprint density at radius 2 is 1.85 bits per heavy atom. The van der Waals surface area contributed by atoms with Crippen molar-refractivity contribution in [3.63, 3.8) is 0 Å². The summed E-state index contributed by atoms with van der Waals surface area (Å²) in [7, 11) is 0. The molecule has 0 aromatic carbocycles. The molecule has 3 atom stereocenters. The maximum absolute atomic E-state index is 10.8. The maximum Gasteiger partial charge on any atom is 0.240 e. The minimum Gasteiger partial charge on any atom is -0.369 e. The third-order valence-electron chi connectivity index (χ3n) is 2.24. The lowest BCUT2D eigenvalue weighted by Crippen LogP contribution is -2.29. The number of amides is 2. The van der Waals surface area contributed by atoms with Gasteiger partial charge >= 0.3 is 0 Å². The van der Waals surface area contributed by atoms with Gasteiger partial charge in [0.05, 0.1) is 24.0 Å². The molecule has 0 saturated heterocycles. The molecule has 2 amide bonds. The molecule has 0 bridgehead atoms. The van der Waals surface area contributed by atoms with E-state index in [1.54, 1.807) is 12.1 Å². The minimum atomic E-state index is -1.69. The van der Waals surface area contributed by atoms with E-state index in [4.69, 9.17) is 22.0 Å². The average Bonchev–Trinajstić information content (AvgIpc) is 2.73. The van der Waals surface area contributed by atoms with Crippen LogP contribution in [0.1, 0.15) is 0 Å². The van der Waals surface area contributed by atoms with Crippen molar-refractivity contribution in [3.8, 4) is 12.1 Å². The van der Waals surface area contributed by atoms with Gasteiger partial charge in [-0.25, -0.2) is 0 Å². The fourth-order valence-corrected chi connectivity index (χ4v) is 1.45. The van der Waals surface area contributed by atoms with Gasteiger partial charge in [0.1, 0.15) is 0 Å². The van der Waals surface area contributed by atoms with E-state index in [2.05, 4.69) is 0 Å². The summed E-state index contributed by atoms with van der Waals surface area (Å²) in [5.74, 6) is -3.86. The lowest BCUT2D eigenvalue weighted by atomic mass is 10.0. The van der Waals surface area contributed by atoms with Gasteiger partial charge in [0.2, 0.25) is 11.8 Å². The Balaban J connectivity index is 3.09. The van der Waals surface area contributed by atoms with Crippen LogP contribution in [-0.4, -0.2) is 11.8 Å². The third kappa shape index (κ3) is 0.859. The van der Waals surface area contributed by atoms with Crippen molar-refractivity contribution >= 4 is 11.8 Å². The van der Waals surface area contributed by atoms with Crippen LogP contribution in [0.15, 0.2) is 0 Å². The van der Waals surface area contributed by atoms with Crippen LogP contribution in [0.25, 0.3) is 0 Å². The summed E-state index contributed by atoms with van der Waals surface area (Å²) in [6.07, 6.45) is 0. The van der Waals surface area contributed by atoms with Crippen molar-refractivity contribution < 1.29 is 9.59 Å². The Morgan fingerprint density at radius 3 is 1.92 bits per heavy atom. The standard InChI is InChI=1S/C7H6N4O2/c8-1-3-4(5(10)12)7(3,2-9)6(11)13/h3-4H,(H2,10,12)(H2,11,13). The number of nitrogens with two attached hydrogens (primary N) is 2. The molecular formula is C7H6N4O2. The van der Waals surface area contributed by atoms with E-state index in [1.165, 1.54) is 0 Å². The lowest BCUT2D eigenvalue weighted by Gasteiger charge is -1.98. The van der Waals surface area contributed by atoms with Crippen molar-refractivity contribution in [1.82, 2.24) is 0 Å². The van der Waals surface area contributed by atoms with Crippen LogP contribution in [0.5, 0.6) is 0 Å². The van der Waals surface area contributed by atoms with Crippen LogP contribution in [0, 0.1) is 39.9 Å². The maximum atomic E-state index is 10.8. The van der Waals surface area contributed by atoms with E-state index >= 15 is 0 Å². The molecule has 6 nitrogen and oxygen atoms in total. The summed E-state index contributed by atoms with van der Waals surface area (Å²) in [4.78, 5) is 21.6. The molecule has 0 heterocycles. The Hall–Kier alpha value is -2.08. The lowest BCUT2D eigenvalue weighted by molar-refractivity contribution is -0.125. The average molecular weight is 178 g/mol. The molecule has 4 N–H and O–H groups in total. The normalized spacial score (nSPS) is 35.5. The predicted molar refractivity (Wildman–Crippen MR) is 39.0 cm³/mol. The Bertz CT molecular complexity index is 364. The molecule has 1 fully saturated rings. The minimum absolute atomic E-state index is 0.841. The highest BCUT2D eigenvalue weighted by atomic mass is 16.2. The molecule has 0 aromatic heterocycles. The van der Waals surface area contributed by atoms with E-state index in [9.17, 15) is 9.59 Å². The van der Waals surface area contributed by atoms with Gasteiger partial charge in [-0.2, -0.15) is 10.5 Å². The van der Waals surface area contributed by atoms with E-state index in [0.29, 0.717) is 0 Å². The summed E-state index contributed by atoms with van der Waals surface area (Å²) in [6.45, 7) is 0. The molecule has 1 rings (SSSR count). The van der Waals surface area contributed by atoms with Crippen molar-refractivity contribution in [2.24, 2.45) is 28.7 Å². The van der Waals surface area contributed by atoms with Gasteiger partial charge in [-0.3, -0.25) is 9.59 Å².